The molecule has 5 heteroatoms. The van der Waals surface area contributed by atoms with E-state index in [-0.39, 0.29) is 0 Å². The van der Waals surface area contributed by atoms with Gasteiger partial charge in [-0.1, -0.05) is 170 Å². The predicted octanol–water partition coefficient (Wildman–Crippen LogP) is 14.1. The summed E-state index contributed by atoms with van der Waals surface area (Å²) in [6.07, 6.45) is 0. The zero-order valence-corrected chi connectivity index (χ0v) is 31.7. The number of nitrogens with zero attached hydrogens (tertiary/aromatic N) is 4. The van der Waals surface area contributed by atoms with Crippen LogP contribution in [0.2, 0.25) is 0 Å². The van der Waals surface area contributed by atoms with Crippen LogP contribution in [0.3, 0.4) is 0 Å². The fourth-order valence-corrected chi connectivity index (χ4v) is 8.71. The molecule has 0 fully saturated rings. The smallest absolute Gasteiger partial charge is 0.227 e. The number of rotatable bonds is 5. The van der Waals surface area contributed by atoms with E-state index in [9.17, 15) is 0 Å². The highest BCUT2D eigenvalue weighted by atomic mass is 16.3. The van der Waals surface area contributed by atoms with Crippen LogP contribution in [0.4, 0.5) is 0 Å². The zero-order chi connectivity index (χ0) is 38.9. The van der Waals surface area contributed by atoms with Crippen molar-refractivity contribution in [3.8, 4) is 56.7 Å². The van der Waals surface area contributed by atoms with Crippen LogP contribution in [0, 0.1) is 0 Å². The van der Waals surface area contributed by atoms with E-state index in [1.165, 1.54) is 16.2 Å². The van der Waals surface area contributed by atoms with E-state index in [1.807, 2.05) is 42.5 Å². The summed E-state index contributed by atoms with van der Waals surface area (Å²) in [5, 5.41) is 11.2. The van der Waals surface area contributed by atoms with Crippen molar-refractivity contribution in [1.82, 2.24) is 19.9 Å². The molecule has 0 saturated heterocycles. The maximum absolute atomic E-state index is 6.63. The van der Waals surface area contributed by atoms with Crippen molar-refractivity contribution in [3.05, 3.63) is 194 Å². The summed E-state index contributed by atoms with van der Waals surface area (Å²) in [7, 11) is 0. The molecule has 0 bridgehead atoms. The monoisotopic (exact) mass is 752 g/mol. The van der Waals surface area contributed by atoms with Crippen molar-refractivity contribution >= 4 is 65.0 Å². The lowest BCUT2D eigenvalue weighted by atomic mass is 9.93. The first-order chi connectivity index (χ1) is 29.2. The highest BCUT2D eigenvalue weighted by Gasteiger charge is 2.20. The molecule has 0 aliphatic rings. The molecule has 2 aromatic heterocycles. The molecule has 5 nitrogen and oxygen atoms in total. The van der Waals surface area contributed by atoms with E-state index in [1.54, 1.807) is 0 Å². The highest BCUT2D eigenvalue weighted by Crippen LogP contribution is 2.41. The quantitative estimate of drug-likeness (QED) is 0.164. The molecule has 2 heterocycles. The summed E-state index contributed by atoms with van der Waals surface area (Å²) < 4.78 is 6.63. The Kier molecular flexibility index (Phi) is 7.47. The average Bonchev–Trinajstić information content (AvgIpc) is 3.76. The first kappa shape index (κ1) is 33.2. The molecule has 0 unspecified atom stereocenters. The molecule has 0 aliphatic carbocycles. The molecular formula is C54H32N4O. The van der Waals surface area contributed by atoms with Gasteiger partial charge in [-0.05, 0) is 78.5 Å². The molecule has 0 aliphatic heterocycles. The van der Waals surface area contributed by atoms with Crippen LogP contribution in [0.25, 0.3) is 122 Å². The van der Waals surface area contributed by atoms with Crippen LogP contribution in [0.1, 0.15) is 0 Å². The molecule has 59 heavy (non-hydrogen) atoms. The topological polar surface area (TPSA) is 64.7 Å². The minimum absolute atomic E-state index is 0.604. The van der Waals surface area contributed by atoms with E-state index in [2.05, 4.69) is 152 Å². The Morgan fingerprint density at radius 1 is 0.305 bits per heavy atom. The fraction of sp³-hybridized carbons (Fsp3) is 0. The van der Waals surface area contributed by atoms with Crippen molar-refractivity contribution in [3.63, 3.8) is 0 Å². The molecule has 0 atom stereocenters. The van der Waals surface area contributed by atoms with E-state index in [0.717, 1.165) is 82.2 Å². The van der Waals surface area contributed by atoms with Gasteiger partial charge in [-0.3, -0.25) is 0 Å². The molecule has 10 aromatic carbocycles. The standard InChI is InChI=1S/C54H32N4O/c1-3-12-33(13-4-1)40-17-9-10-19-44(40)52-56-51(39-27-24-35-23-22-34-14-7-8-18-41(34)46(35)32-39)57-53(58-52)45-21-11-20-43-42(45)30-28-36-25-26-37-29-31-47-50(49(37)48(36)43)59-54(55-47)38-15-5-2-6-16-38/h1-32H. The Labute approximate surface area is 338 Å². The van der Waals surface area contributed by atoms with E-state index in [4.69, 9.17) is 24.4 Å². The van der Waals surface area contributed by atoms with Gasteiger partial charge < -0.3 is 4.42 Å². The van der Waals surface area contributed by atoms with Gasteiger partial charge >= 0.3 is 0 Å². The Morgan fingerprint density at radius 3 is 1.71 bits per heavy atom. The molecule has 0 amide bonds. The maximum Gasteiger partial charge on any atom is 0.227 e. The summed E-state index contributed by atoms with van der Waals surface area (Å²) >= 11 is 0. The average molecular weight is 753 g/mol. The molecule has 0 saturated carbocycles. The second kappa shape index (κ2) is 13.3. The number of fused-ring (bicyclic) bond motifs is 10. The Morgan fingerprint density at radius 2 is 0.881 bits per heavy atom. The fourth-order valence-electron chi connectivity index (χ4n) is 8.71. The van der Waals surface area contributed by atoms with Crippen LogP contribution in [-0.4, -0.2) is 19.9 Å². The Balaban J connectivity index is 1.12. The highest BCUT2D eigenvalue weighted by molar-refractivity contribution is 6.27. The largest absolute Gasteiger partial charge is 0.435 e. The van der Waals surface area contributed by atoms with Gasteiger partial charge in [0, 0.05) is 33.0 Å². The number of oxazole rings is 1. The third kappa shape index (κ3) is 5.47. The van der Waals surface area contributed by atoms with Gasteiger partial charge in [-0.15, -0.1) is 0 Å². The SMILES string of the molecule is c1ccc(-c2nc3ccc4ccc5ccc6c(-c7nc(-c8ccc9ccc%10ccccc%10c9c8)nc(-c8ccccc8-c8ccccc8)n7)cccc6c5c4c3o2)cc1. The number of hydrogen-bond acceptors (Lipinski definition) is 5. The van der Waals surface area contributed by atoms with Crippen molar-refractivity contribution in [1.29, 1.82) is 0 Å². The van der Waals surface area contributed by atoms with E-state index in [0.29, 0.717) is 23.4 Å². The first-order valence-corrected chi connectivity index (χ1v) is 19.8. The van der Waals surface area contributed by atoms with Crippen molar-refractivity contribution in [2.45, 2.75) is 0 Å². The van der Waals surface area contributed by atoms with Gasteiger partial charge in [-0.2, -0.15) is 0 Å². The number of aromatic nitrogens is 4. The lowest BCUT2D eigenvalue weighted by Gasteiger charge is -2.14. The number of benzene rings is 10. The van der Waals surface area contributed by atoms with Gasteiger partial charge in [0.15, 0.2) is 23.1 Å². The van der Waals surface area contributed by atoms with Crippen molar-refractivity contribution in [2.75, 3.05) is 0 Å². The molecule has 0 radical (unpaired) electrons. The normalized spacial score (nSPS) is 11.7. The van der Waals surface area contributed by atoms with Crippen LogP contribution in [0.15, 0.2) is 199 Å². The molecule has 0 spiro atoms. The zero-order valence-electron chi connectivity index (χ0n) is 31.7. The van der Waals surface area contributed by atoms with Crippen LogP contribution >= 0.6 is 0 Å². The summed E-state index contributed by atoms with van der Waals surface area (Å²) in [6, 6.07) is 67.6. The van der Waals surface area contributed by atoms with E-state index < -0.39 is 0 Å². The Hall–Kier alpha value is -8.02. The molecule has 12 aromatic rings. The molecule has 12 rings (SSSR count). The second-order valence-corrected chi connectivity index (χ2v) is 15.0. The lowest BCUT2D eigenvalue weighted by Crippen LogP contribution is -2.01. The molecule has 0 N–H and O–H groups in total. The predicted molar refractivity (Wildman–Crippen MR) is 242 cm³/mol. The van der Waals surface area contributed by atoms with Crippen LogP contribution in [-0.2, 0) is 0 Å². The third-order valence-corrected chi connectivity index (χ3v) is 11.5. The summed E-state index contributed by atoms with van der Waals surface area (Å²) in [5.74, 6) is 2.44. The summed E-state index contributed by atoms with van der Waals surface area (Å²) in [6.45, 7) is 0. The minimum atomic E-state index is 0.604. The second-order valence-electron chi connectivity index (χ2n) is 15.0. The Bertz CT molecular complexity index is 3610. The minimum Gasteiger partial charge on any atom is -0.435 e. The number of hydrogen-bond donors (Lipinski definition) is 0. The van der Waals surface area contributed by atoms with Gasteiger partial charge in [-0.25, -0.2) is 19.9 Å². The molecular weight excluding hydrogens is 721 g/mol. The van der Waals surface area contributed by atoms with Crippen LogP contribution < -0.4 is 0 Å². The van der Waals surface area contributed by atoms with Gasteiger partial charge in [0.05, 0.1) is 0 Å². The third-order valence-electron chi connectivity index (χ3n) is 11.5. The summed E-state index contributed by atoms with van der Waals surface area (Å²) in [4.78, 5) is 20.8. The van der Waals surface area contributed by atoms with Gasteiger partial charge in [0.2, 0.25) is 5.89 Å². The van der Waals surface area contributed by atoms with Crippen molar-refractivity contribution < 1.29 is 4.42 Å². The van der Waals surface area contributed by atoms with Gasteiger partial charge in [0.25, 0.3) is 0 Å². The van der Waals surface area contributed by atoms with Gasteiger partial charge in [0.1, 0.15) is 5.52 Å². The maximum atomic E-state index is 6.63. The van der Waals surface area contributed by atoms with Crippen molar-refractivity contribution in [2.24, 2.45) is 0 Å². The first-order valence-electron chi connectivity index (χ1n) is 19.8. The molecule has 274 valence electrons. The van der Waals surface area contributed by atoms with Crippen LogP contribution in [0.5, 0.6) is 0 Å². The lowest BCUT2D eigenvalue weighted by molar-refractivity contribution is 0.623. The van der Waals surface area contributed by atoms with E-state index >= 15 is 0 Å². The summed E-state index contributed by atoms with van der Waals surface area (Å²) in [5.41, 5.74) is 7.48.